The van der Waals surface area contributed by atoms with Gasteiger partial charge in [-0.15, -0.1) is 0 Å². The number of nitrogens with zero attached hydrogens (tertiary/aromatic N) is 2. The van der Waals surface area contributed by atoms with Crippen molar-refractivity contribution >= 4 is 5.91 Å². The number of nitrogens with one attached hydrogen (secondary N) is 2. The Labute approximate surface area is 155 Å². The monoisotopic (exact) mass is 364 g/mol. The fraction of sp³-hybridized carbons (Fsp3) is 0.789. The maximum Gasteiger partial charge on any atom is 0.220 e. The van der Waals surface area contributed by atoms with Gasteiger partial charge in [0.1, 0.15) is 0 Å². The quantitative estimate of drug-likeness (QED) is 0.721. The Morgan fingerprint density at radius 2 is 2.23 bits per heavy atom. The minimum absolute atomic E-state index is 0.0331. The lowest BCUT2D eigenvalue weighted by atomic mass is 9.94. The van der Waals surface area contributed by atoms with Crippen molar-refractivity contribution in [3.8, 4) is 0 Å². The van der Waals surface area contributed by atoms with E-state index in [2.05, 4.69) is 20.4 Å². The number of likely N-dealkylation sites (N-methyl/N-ethyl adjacent to an activating group) is 1. The molecule has 1 aromatic rings. The van der Waals surface area contributed by atoms with Crippen LogP contribution in [0.1, 0.15) is 42.6 Å². The zero-order valence-corrected chi connectivity index (χ0v) is 16.1. The molecule has 3 rings (SSSR count). The normalized spacial score (nSPS) is 23.0. The molecule has 1 aliphatic heterocycles. The standard InChI is InChI=1S/C19H32N4O3/c1-23(2)10-12-26-18-9-11-25-13-17(18)20-19(24)8-7-16-14-5-3-4-6-15(14)21-22-16/h17-18H,3-13H2,1-2H3,(H,20,24)(H,21,22)/t17-,18+/m0/s1. The Morgan fingerprint density at radius 3 is 3.08 bits per heavy atom. The number of aromatic amines is 1. The molecule has 1 aliphatic carbocycles. The second-order valence-corrected chi connectivity index (χ2v) is 7.58. The van der Waals surface area contributed by atoms with Crippen LogP contribution < -0.4 is 5.32 Å². The van der Waals surface area contributed by atoms with E-state index < -0.39 is 0 Å². The summed E-state index contributed by atoms with van der Waals surface area (Å²) in [5, 5.41) is 10.7. The van der Waals surface area contributed by atoms with Crippen LogP contribution in [0.4, 0.5) is 0 Å². The van der Waals surface area contributed by atoms with Crippen LogP contribution in [0.15, 0.2) is 0 Å². The molecule has 1 saturated heterocycles. The summed E-state index contributed by atoms with van der Waals surface area (Å²) in [6.45, 7) is 2.76. The van der Waals surface area contributed by atoms with Crippen molar-refractivity contribution in [2.75, 3.05) is 40.5 Å². The lowest BCUT2D eigenvalue weighted by molar-refractivity contribution is -0.126. The Morgan fingerprint density at radius 1 is 1.38 bits per heavy atom. The number of H-pyrrole nitrogens is 1. The summed E-state index contributed by atoms with van der Waals surface area (Å²) in [6.07, 6.45) is 6.62. The molecule has 1 fully saturated rings. The third-order valence-corrected chi connectivity index (χ3v) is 5.24. The molecule has 2 aliphatic rings. The minimum Gasteiger partial charge on any atom is -0.379 e. The van der Waals surface area contributed by atoms with Crippen LogP contribution in [-0.2, 0) is 33.5 Å². The fourth-order valence-electron chi connectivity index (χ4n) is 3.71. The molecular formula is C19H32N4O3. The molecular weight excluding hydrogens is 332 g/mol. The van der Waals surface area contributed by atoms with Gasteiger partial charge in [-0.3, -0.25) is 9.89 Å². The lowest BCUT2D eigenvalue weighted by Crippen LogP contribution is -2.51. The Kier molecular flexibility index (Phi) is 7.05. The molecule has 2 N–H and O–H groups in total. The molecule has 2 atom stereocenters. The molecule has 0 unspecified atom stereocenters. The van der Waals surface area contributed by atoms with E-state index in [1.165, 1.54) is 24.1 Å². The zero-order valence-electron chi connectivity index (χ0n) is 16.1. The van der Waals surface area contributed by atoms with Crippen LogP contribution in [0.2, 0.25) is 0 Å². The number of rotatable bonds is 8. The van der Waals surface area contributed by atoms with E-state index in [0.29, 0.717) is 32.7 Å². The zero-order chi connectivity index (χ0) is 18.4. The highest BCUT2D eigenvalue weighted by Crippen LogP contribution is 2.23. The second kappa shape index (κ2) is 9.48. The van der Waals surface area contributed by atoms with E-state index in [9.17, 15) is 4.79 Å². The molecule has 0 saturated carbocycles. The summed E-state index contributed by atoms with van der Waals surface area (Å²) < 4.78 is 11.5. The lowest BCUT2D eigenvalue weighted by Gasteiger charge is -2.32. The third-order valence-electron chi connectivity index (χ3n) is 5.24. The molecule has 7 nitrogen and oxygen atoms in total. The average Bonchev–Trinajstić information content (AvgIpc) is 3.04. The maximum atomic E-state index is 12.4. The van der Waals surface area contributed by atoms with Crippen LogP contribution in [0.25, 0.3) is 0 Å². The number of amides is 1. The summed E-state index contributed by atoms with van der Waals surface area (Å²) in [4.78, 5) is 14.5. The summed E-state index contributed by atoms with van der Waals surface area (Å²) in [7, 11) is 4.06. The van der Waals surface area contributed by atoms with Crippen molar-refractivity contribution in [3.63, 3.8) is 0 Å². The molecule has 26 heavy (non-hydrogen) atoms. The van der Waals surface area contributed by atoms with E-state index >= 15 is 0 Å². The number of aromatic nitrogens is 2. The molecule has 7 heteroatoms. The van der Waals surface area contributed by atoms with E-state index in [1.807, 2.05) is 14.1 Å². The van der Waals surface area contributed by atoms with Gasteiger partial charge in [0.15, 0.2) is 0 Å². The first-order chi connectivity index (χ1) is 12.6. The van der Waals surface area contributed by atoms with Gasteiger partial charge in [0, 0.05) is 31.7 Å². The van der Waals surface area contributed by atoms with Crippen LogP contribution in [0.3, 0.4) is 0 Å². The van der Waals surface area contributed by atoms with Crippen molar-refractivity contribution in [2.45, 2.75) is 57.1 Å². The van der Waals surface area contributed by atoms with Crippen LogP contribution in [-0.4, -0.2) is 73.6 Å². The first-order valence-corrected chi connectivity index (χ1v) is 9.82. The first kappa shape index (κ1) is 19.3. The highest BCUT2D eigenvalue weighted by molar-refractivity contribution is 5.76. The summed E-state index contributed by atoms with van der Waals surface area (Å²) >= 11 is 0. The minimum atomic E-state index is -0.0634. The van der Waals surface area contributed by atoms with E-state index in [-0.39, 0.29) is 18.1 Å². The molecule has 1 aromatic heterocycles. The molecule has 1 amide bonds. The van der Waals surface area contributed by atoms with Crippen LogP contribution in [0, 0.1) is 0 Å². The SMILES string of the molecule is CN(C)CCO[C@@H]1CCOC[C@@H]1NC(=O)CCc1n[nH]c2c1CCCC2. The van der Waals surface area contributed by atoms with Gasteiger partial charge >= 0.3 is 0 Å². The highest BCUT2D eigenvalue weighted by atomic mass is 16.5. The largest absolute Gasteiger partial charge is 0.379 e. The fourth-order valence-corrected chi connectivity index (χ4v) is 3.71. The summed E-state index contributed by atoms with van der Waals surface area (Å²) in [5.41, 5.74) is 3.67. The predicted molar refractivity (Wildman–Crippen MR) is 99.2 cm³/mol. The Balaban J connectivity index is 1.46. The van der Waals surface area contributed by atoms with Crippen molar-refractivity contribution in [1.29, 1.82) is 0 Å². The van der Waals surface area contributed by atoms with Gasteiger partial charge in [0.2, 0.25) is 5.91 Å². The van der Waals surface area contributed by atoms with Gasteiger partial charge in [-0.2, -0.15) is 5.10 Å². The number of hydrogen-bond acceptors (Lipinski definition) is 5. The molecule has 146 valence electrons. The van der Waals surface area contributed by atoms with Crippen LogP contribution in [0.5, 0.6) is 0 Å². The first-order valence-electron chi connectivity index (χ1n) is 9.82. The maximum absolute atomic E-state index is 12.4. The summed E-state index contributed by atoms with van der Waals surface area (Å²) in [6, 6.07) is -0.0634. The number of carbonyl (C=O) groups excluding carboxylic acids is 1. The van der Waals surface area contributed by atoms with Crippen molar-refractivity contribution in [2.24, 2.45) is 0 Å². The topological polar surface area (TPSA) is 79.5 Å². The number of ether oxygens (including phenoxy) is 2. The number of hydrogen-bond donors (Lipinski definition) is 2. The number of aryl methyl sites for hydroxylation is 2. The van der Waals surface area contributed by atoms with E-state index in [1.54, 1.807) is 0 Å². The highest BCUT2D eigenvalue weighted by Gasteiger charge is 2.28. The van der Waals surface area contributed by atoms with Crippen molar-refractivity contribution in [1.82, 2.24) is 20.4 Å². The van der Waals surface area contributed by atoms with Gasteiger partial charge in [-0.25, -0.2) is 0 Å². The van der Waals surface area contributed by atoms with Gasteiger partial charge < -0.3 is 19.7 Å². The number of carbonyl (C=O) groups is 1. The molecule has 0 radical (unpaired) electrons. The Hall–Kier alpha value is -1.44. The van der Waals surface area contributed by atoms with Crippen molar-refractivity contribution in [3.05, 3.63) is 17.0 Å². The van der Waals surface area contributed by atoms with Crippen LogP contribution >= 0.6 is 0 Å². The second-order valence-electron chi connectivity index (χ2n) is 7.58. The smallest absolute Gasteiger partial charge is 0.220 e. The summed E-state index contributed by atoms with van der Waals surface area (Å²) in [5.74, 6) is 0.0502. The van der Waals surface area contributed by atoms with E-state index in [0.717, 1.165) is 31.5 Å². The van der Waals surface area contributed by atoms with Gasteiger partial charge in [0.25, 0.3) is 0 Å². The molecule has 0 spiro atoms. The molecule has 2 heterocycles. The van der Waals surface area contributed by atoms with Crippen molar-refractivity contribution < 1.29 is 14.3 Å². The van der Waals surface area contributed by atoms with Gasteiger partial charge in [0.05, 0.1) is 31.1 Å². The third kappa shape index (κ3) is 5.28. The predicted octanol–water partition coefficient (Wildman–Crippen LogP) is 1.07. The van der Waals surface area contributed by atoms with Gasteiger partial charge in [-0.05, 0) is 51.8 Å². The molecule has 0 aromatic carbocycles. The van der Waals surface area contributed by atoms with E-state index in [4.69, 9.17) is 9.47 Å². The van der Waals surface area contributed by atoms with Gasteiger partial charge in [-0.1, -0.05) is 0 Å². The molecule has 0 bridgehead atoms. The number of fused-ring (bicyclic) bond motifs is 1. The average molecular weight is 364 g/mol. The Bertz CT molecular complexity index is 587.